The Hall–Kier alpha value is -1.32. The lowest BCUT2D eigenvalue weighted by Crippen LogP contribution is -2.24. The van der Waals surface area contributed by atoms with E-state index < -0.39 is 11.6 Å². The molecule has 1 saturated carbocycles. The van der Waals surface area contributed by atoms with Gasteiger partial charge in [0.25, 0.3) is 0 Å². The van der Waals surface area contributed by atoms with Gasteiger partial charge in [-0.25, -0.2) is 0 Å². The number of hydrogen-bond donors (Lipinski definition) is 0. The number of rotatable bonds is 8. The molecule has 1 aromatic rings. The predicted molar refractivity (Wildman–Crippen MR) is 88.0 cm³/mol. The summed E-state index contributed by atoms with van der Waals surface area (Å²) in [5, 5.41) is 0. The molecule has 0 saturated heterocycles. The van der Waals surface area contributed by atoms with Crippen molar-refractivity contribution in [1.29, 1.82) is 0 Å². The smallest absolute Gasteiger partial charge is 0.204 e. The third kappa shape index (κ3) is 5.08. The fourth-order valence-corrected chi connectivity index (χ4v) is 3.27. The summed E-state index contributed by atoms with van der Waals surface area (Å²) in [6.07, 6.45) is 9.21. The van der Waals surface area contributed by atoms with Crippen LogP contribution in [0, 0.1) is 17.6 Å². The van der Waals surface area contributed by atoms with Crippen LogP contribution in [0.2, 0.25) is 0 Å². The van der Waals surface area contributed by atoms with Crippen molar-refractivity contribution >= 4 is 0 Å². The summed E-state index contributed by atoms with van der Waals surface area (Å²) in [7, 11) is 0. The van der Waals surface area contributed by atoms with Crippen molar-refractivity contribution in [2.24, 2.45) is 5.92 Å². The van der Waals surface area contributed by atoms with Gasteiger partial charge in [-0.3, -0.25) is 0 Å². The molecular formula is C19H28F2O2. The minimum Gasteiger partial charge on any atom is -0.491 e. The minimum absolute atomic E-state index is 0.000357. The fourth-order valence-electron chi connectivity index (χ4n) is 3.27. The number of unbranched alkanes of at least 4 members (excludes halogenated alkanes) is 2. The van der Waals surface area contributed by atoms with Crippen molar-refractivity contribution in [1.82, 2.24) is 0 Å². The zero-order chi connectivity index (χ0) is 16.7. The van der Waals surface area contributed by atoms with Crippen molar-refractivity contribution in [3.05, 3.63) is 23.8 Å². The molecule has 130 valence electrons. The van der Waals surface area contributed by atoms with Gasteiger partial charge >= 0.3 is 0 Å². The minimum atomic E-state index is -0.961. The second-order valence-electron chi connectivity index (χ2n) is 6.38. The number of benzene rings is 1. The van der Waals surface area contributed by atoms with Gasteiger partial charge in [0.1, 0.15) is 0 Å². The Bertz CT molecular complexity index is 483. The van der Waals surface area contributed by atoms with Gasteiger partial charge in [-0.15, -0.1) is 0 Å². The van der Waals surface area contributed by atoms with Crippen molar-refractivity contribution in [2.75, 3.05) is 6.61 Å². The van der Waals surface area contributed by atoms with E-state index in [0.29, 0.717) is 6.61 Å². The van der Waals surface area contributed by atoms with Crippen LogP contribution in [0.1, 0.15) is 65.2 Å². The van der Waals surface area contributed by atoms with E-state index in [1.807, 2.05) is 0 Å². The Morgan fingerprint density at radius 1 is 0.957 bits per heavy atom. The highest BCUT2D eigenvalue weighted by Gasteiger charge is 2.24. The quantitative estimate of drug-likeness (QED) is 0.555. The lowest BCUT2D eigenvalue weighted by molar-refractivity contribution is 0.121. The van der Waals surface area contributed by atoms with Gasteiger partial charge in [0.2, 0.25) is 11.6 Å². The second kappa shape index (κ2) is 9.09. The number of halogens is 2. The standard InChI is InChI=1S/C19H28F2O2/c1-3-5-6-7-14-8-10-15(11-9-14)23-17-13-12-16(22-4-2)18(20)19(17)21/h12-15H,3-11H2,1-2H3. The molecule has 1 fully saturated rings. The zero-order valence-corrected chi connectivity index (χ0v) is 14.2. The Labute approximate surface area is 138 Å². The van der Waals surface area contributed by atoms with Crippen LogP contribution in [0.15, 0.2) is 12.1 Å². The van der Waals surface area contributed by atoms with E-state index in [9.17, 15) is 8.78 Å². The van der Waals surface area contributed by atoms with Crippen LogP contribution in [-0.4, -0.2) is 12.7 Å². The van der Waals surface area contributed by atoms with Gasteiger partial charge in [-0.1, -0.05) is 32.6 Å². The SMILES string of the molecule is CCCCCC1CCC(Oc2ccc(OCC)c(F)c2F)CC1. The van der Waals surface area contributed by atoms with Crippen LogP contribution in [0.3, 0.4) is 0 Å². The van der Waals surface area contributed by atoms with Crippen molar-refractivity contribution in [2.45, 2.75) is 71.3 Å². The van der Waals surface area contributed by atoms with Crippen LogP contribution in [0.5, 0.6) is 11.5 Å². The Kier molecular flexibility index (Phi) is 7.13. The van der Waals surface area contributed by atoms with Crippen LogP contribution in [0.4, 0.5) is 8.78 Å². The van der Waals surface area contributed by atoms with Gasteiger partial charge in [-0.05, 0) is 50.7 Å². The van der Waals surface area contributed by atoms with Gasteiger partial charge in [0, 0.05) is 0 Å². The first-order valence-electron chi connectivity index (χ1n) is 8.93. The Balaban J connectivity index is 1.85. The first-order chi connectivity index (χ1) is 11.2. The van der Waals surface area contributed by atoms with Crippen molar-refractivity contribution < 1.29 is 18.3 Å². The molecule has 0 radical (unpaired) electrons. The first kappa shape index (κ1) is 18.0. The molecule has 0 amide bonds. The number of ether oxygens (including phenoxy) is 2. The molecule has 2 rings (SSSR count). The maximum Gasteiger partial charge on any atom is 0.204 e. The van der Waals surface area contributed by atoms with Gasteiger partial charge in [0.05, 0.1) is 12.7 Å². The molecule has 4 heteroatoms. The maximum atomic E-state index is 14.0. The summed E-state index contributed by atoms with van der Waals surface area (Å²) < 4.78 is 38.7. The molecule has 0 bridgehead atoms. The summed E-state index contributed by atoms with van der Waals surface area (Å²) in [5.41, 5.74) is 0. The molecule has 2 nitrogen and oxygen atoms in total. The summed E-state index contributed by atoms with van der Waals surface area (Å²) in [4.78, 5) is 0. The van der Waals surface area contributed by atoms with E-state index in [0.717, 1.165) is 31.6 Å². The topological polar surface area (TPSA) is 18.5 Å². The molecule has 1 aliphatic rings. The molecule has 0 unspecified atom stereocenters. The van der Waals surface area contributed by atoms with E-state index in [1.165, 1.54) is 37.8 Å². The van der Waals surface area contributed by atoms with E-state index in [-0.39, 0.29) is 17.6 Å². The molecular weight excluding hydrogens is 298 g/mol. The fraction of sp³-hybridized carbons (Fsp3) is 0.684. The predicted octanol–water partition coefficient (Wildman–Crippen LogP) is 5.88. The third-order valence-electron chi connectivity index (χ3n) is 4.61. The highest BCUT2D eigenvalue weighted by Crippen LogP contribution is 2.33. The molecule has 0 heterocycles. The normalized spacial score (nSPS) is 21.2. The van der Waals surface area contributed by atoms with Gasteiger partial charge in [0.15, 0.2) is 11.5 Å². The molecule has 1 aliphatic carbocycles. The van der Waals surface area contributed by atoms with Crippen molar-refractivity contribution in [3.8, 4) is 11.5 Å². The molecule has 0 aliphatic heterocycles. The summed E-state index contributed by atoms with van der Waals surface area (Å²) in [6, 6.07) is 2.91. The van der Waals surface area contributed by atoms with E-state index in [1.54, 1.807) is 6.92 Å². The summed E-state index contributed by atoms with van der Waals surface area (Å²) in [6.45, 7) is 4.26. The van der Waals surface area contributed by atoms with Crippen LogP contribution in [-0.2, 0) is 0 Å². The van der Waals surface area contributed by atoms with E-state index in [2.05, 4.69) is 6.92 Å². The van der Waals surface area contributed by atoms with E-state index >= 15 is 0 Å². The third-order valence-corrected chi connectivity index (χ3v) is 4.61. The molecule has 0 aromatic heterocycles. The summed E-state index contributed by atoms with van der Waals surface area (Å²) in [5.74, 6) is -1.20. The first-order valence-corrected chi connectivity index (χ1v) is 8.93. The highest BCUT2D eigenvalue weighted by molar-refractivity contribution is 5.35. The lowest BCUT2D eigenvalue weighted by atomic mass is 9.84. The lowest BCUT2D eigenvalue weighted by Gasteiger charge is -2.29. The second-order valence-corrected chi connectivity index (χ2v) is 6.38. The summed E-state index contributed by atoms with van der Waals surface area (Å²) >= 11 is 0. The molecule has 1 aromatic carbocycles. The zero-order valence-electron chi connectivity index (χ0n) is 14.2. The average Bonchev–Trinajstić information content (AvgIpc) is 2.56. The Morgan fingerprint density at radius 3 is 2.26 bits per heavy atom. The highest BCUT2D eigenvalue weighted by atomic mass is 19.2. The van der Waals surface area contributed by atoms with Crippen LogP contribution < -0.4 is 9.47 Å². The van der Waals surface area contributed by atoms with Crippen molar-refractivity contribution in [3.63, 3.8) is 0 Å². The van der Waals surface area contributed by atoms with Gasteiger partial charge < -0.3 is 9.47 Å². The molecule has 23 heavy (non-hydrogen) atoms. The number of hydrogen-bond acceptors (Lipinski definition) is 2. The molecule has 0 N–H and O–H groups in total. The molecule has 0 atom stereocenters. The largest absolute Gasteiger partial charge is 0.491 e. The Morgan fingerprint density at radius 2 is 1.61 bits per heavy atom. The monoisotopic (exact) mass is 326 g/mol. The van der Waals surface area contributed by atoms with Crippen LogP contribution in [0.25, 0.3) is 0 Å². The van der Waals surface area contributed by atoms with Gasteiger partial charge in [-0.2, -0.15) is 8.78 Å². The average molecular weight is 326 g/mol. The molecule has 0 spiro atoms. The van der Waals surface area contributed by atoms with Crippen LogP contribution >= 0.6 is 0 Å². The maximum absolute atomic E-state index is 14.0. The van der Waals surface area contributed by atoms with E-state index in [4.69, 9.17) is 9.47 Å².